The van der Waals surface area contributed by atoms with Gasteiger partial charge in [0.15, 0.2) is 4.96 Å². The molecule has 0 saturated heterocycles. The quantitative estimate of drug-likeness (QED) is 0.517. The van der Waals surface area contributed by atoms with E-state index in [0.717, 1.165) is 0 Å². The van der Waals surface area contributed by atoms with E-state index in [9.17, 15) is 14.0 Å². The third kappa shape index (κ3) is 3.88. The fraction of sp³-hybridized carbons (Fsp3) is 0.273. The van der Waals surface area contributed by atoms with E-state index in [4.69, 9.17) is 0 Å². The number of hydrogen-bond donors (Lipinski definition) is 1. The second-order valence-electron chi connectivity index (χ2n) is 7.66. The van der Waals surface area contributed by atoms with Crippen molar-refractivity contribution < 1.29 is 9.18 Å². The molecule has 160 valence electrons. The zero-order chi connectivity index (χ0) is 22.3. The lowest BCUT2D eigenvalue weighted by Gasteiger charge is -2.09. The molecule has 3 aromatic heterocycles. The summed E-state index contributed by atoms with van der Waals surface area (Å²) in [6, 6.07) is 8.08. The number of nitrogens with one attached hydrogen (secondary N) is 1. The summed E-state index contributed by atoms with van der Waals surface area (Å²) in [6.45, 7) is 7.31. The van der Waals surface area contributed by atoms with Gasteiger partial charge in [0.05, 0.1) is 17.7 Å². The standard InChI is InChI=1S/C22H22FN5O2S/c1-12(2)24-19(29)10-15-11-31-22-25-14(4)20(21(30)27(15)22)17-9-13(3)28(26-17)18-8-6-5-7-16(18)23/h5-9,11-12H,10H2,1-4H3,(H,24,29). The molecule has 0 spiro atoms. The molecule has 0 fully saturated rings. The summed E-state index contributed by atoms with van der Waals surface area (Å²) in [4.78, 5) is 30.7. The van der Waals surface area contributed by atoms with E-state index in [1.165, 1.54) is 26.5 Å². The van der Waals surface area contributed by atoms with Crippen LogP contribution in [0.15, 0.2) is 40.5 Å². The van der Waals surface area contributed by atoms with Gasteiger partial charge in [-0.15, -0.1) is 11.3 Å². The number of hydrogen-bond acceptors (Lipinski definition) is 5. The summed E-state index contributed by atoms with van der Waals surface area (Å²) < 4.78 is 17.2. The molecule has 0 aliphatic carbocycles. The highest BCUT2D eigenvalue weighted by atomic mass is 32.1. The van der Waals surface area contributed by atoms with E-state index in [1.807, 2.05) is 13.8 Å². The minimum atomic E-state index is -0.404. The summed E-state index contributed by atoms with van der Waals surface area (Å²) in [5.41, 5.74) is 2.54. The molecule has 4 aromatic rings. The van der Waals surface area contributed by atoms with Gasteiger partial charge in [-0.3, -0.25) is 14.0 Å². The van der Waals surface area contributed by atoms with Gasteiger partial charge in [-0.25, -0.2) is 14.1 Å². The molecule has 1 N–H and O–H groups in total. The number of para-hydroxylation sites is 1. The fourth-order valence-corrected chi connectivity index (χ4v) is 4.45. The predicted molar refractivity (Wildman–Crippen MR) is 118 cm³/mol. The third-order valence-electron chi connectivity index (χ3n) is 4.84. The lowest BCUT2D eigenvalue weighted by atomic mass is 10.1. The number of benzene rings is 1. The third-order valence-corrected chi connectivity index (χ3v) is 5.71. The summed E-state index contributed by atoms with van der Waals surface area (Å²) in [5.74, 6) is -0.568. The summed E-state index contributed by atoms with van der Waals surface area (Å²) in [5, 5.41) is 9.11. The Hall–Kier alpha value is -3.33. The number of carbonyl (C=O) groups excluding carboxylic acids is 1. The summed E-state index contributed by atoms with van der Waals surface area (Å²) in [6.07, 6.45) is 0.0744. The van der Waals surface area contributed by atoms with Gasteiger partial charge in [-0.2, -0.15) is 5.10 Å². The Balaban J connectivity index is 1.83. The number of thiazole rings is 1. The maximum Gasteiger partial charge on any atom is 0.268 e. The highest BCUT2D eigenvalue weighted by molar-refractivity contribution is 7.15. The smallest absolute Gasteiger partial charge is 0.268 e. The normalized spacial score (nSPS) is 11.4. The number of aromatic nitrogens is 4. The number of amides is 1. The average Bonchev–Trinajstić information content (AvgIpc) is 3.25. The Kier molecular flexibility index (Phi) is 5.45. The lowest BCUT2D eigenvalue weighted by Crippen LogP contribution is -2.32. The van der Waals surface area contributed by atoms with Crippen LogP contribution in [0.3, 0.4) is 0 Å². The van der Waals surface area contributed by atoms with Crippen LogP contribution in [-0.2, 0) is 11.2 Å². The number of aryl methyl sites for hydroxylation is 2. The molecule has 0 atom stereocenters. The van der Waals surface area contributed by atoms with Crippen LogP contribution in [0.25, 0.3) is 21.9 Å². The van der Waals surface area contributed by atoms with Crippen molar-refractivity contribution in [1.82, 2.24) is 24.5 Å². The lowest BCUT2D eigenvalue weighted by molar-refractivity contribution is -0.120. The van der Waals surface area contributed by atoms with Crippen molar-refractivity contribution >= 4 is 22.2 Å². The molecule has 0 aliphatic heterocycles. The Morgan fingerprint density at radius 1 is 1.26 bits per heavy atom. The molecule has 0 radical (unpaired) electrons. The van der Waals surface area contributed by atoms with Crippen LogP contribution in [0.5, 0.6) is 0 Å². The first kappa shape index (κ1) is 20.9. The van der Waals surface area contributed by atoms with E-state index in [0.29, 0.717) is 39.0 Å². The molecule has 9 heteroatoms. The zero-order valence-corrected chi connectivity index (χ0v) is 18.5. The van der Waals surface area contributed by atoms with Crippen molar-refractivity contribution in [2.45, 2.75) is 40.2 Å². The number of fused-ring (bicyclic) bond motifs is 1. The Labute approximate surface area is 182 Å². The first-order chi connectivity index (χ1) is 14.8. The number of nitrogens with zero attached hydrogens (tertiary/aromatic N) is 4. The molecule has 0 aliphatic rings. The molecule has 1 aromatic carbocycles. The molecule has 0 bridgehead atoms. The summed E-state index contributed by atoms with van der Waals surface area (Å²) in [7, 11) is 0. The van der Waals surface area contributed by atoms with Crippen molar-refractivity contribution in [2.24, 2.45) is 0 Å². The largest absolute Gasteiger partial charge is 0.354 e. The van der Waals surface area contributed by atoms with Crippen LogP contribution in [0.4, 0.5) is 4.39 Å². The van der Waals surface area contributed by atoms with Crippen LogP contribution in [0.1, 0.15) is 30.9 Å². The molecule has 4 rings (SSSR count). The van der Waals surface area contributed by atoms with Crippen molar-refractivity contribution in [2.75, 3.05) is 0 Å². The predicted octanol–water partition coefficient (Wildman–Crippen LogP) is 3.43. The second-order valence-corrected chi connectivity index (χ2v) is 8.49. The molecular weight excluding hydrogens is 417 g/mol. The number of rotatable bonds is 5. The number of halogens is 1. The van der Waals surface area contributed by atoms with Crippen LogP contribution >= 0.6 is 11.3 Å². The van der Waals surface area contributed by atoms with Gasteiger partial charge in [0.25, 0.3) is 5.56 Å². The second kappa shape index (κ2) is 8.07. The Morgan fingerprint density at radius 3 is 2.71 bits per heavy atom. The van der Waals surface area contributed by atoms with Crippen LogP contribution < -0.4 is 10.9 Å². The fourth-order valence-electron chi connectivity index (χ4n) is 3.53. The average molecular weight is 440 g/mol. The van der Waals surface area contributed by atoms with Crippen molar-refractivity contribution in [3.05, 3.63) is 69.0 Å². The van der Waals surface area contributed by atoms with Gasteiger partial charge < -0.3 is 5.32 Å². The van der Waals surface area contributed by atoms with Gasteiger partial charge >= 0.3 is 0 Å². The van der Waals surface area contributed by atoms with E-state index < -0.39 is 5.82 Å². The van der Waals surface area contributed by atoms with E-state index in [2.05, 4.69) is 15.4 Å². The highest BCUT2D eigenvalue weighted by Crippen LogP contribution is 2.24. The summed E-state index contributed by atoms with van der Waals surface area (Å²) >= 11 is 1.31. The van der Waals surface area contributed by atoms with E-state index in [-0.39, 0.29) is 23.9 Å². The Morgan fingerprint density at radius 2 is 2.00 bits per heavy atom. The SMILES string of the molecule is Cc1nc2scc(CC(=O)NC(C)C)n2c(=O)c1-c1cc(C)n(-c2ccccc2F)n1. The highest BCUT2D eigenvalue weighted by Gasteiger charge is 2.20. The zero-order valence-electron chi connectivity index (χ0n) is 17.6. The van der Waals surface area contributed by atoms with Crippen LogP contribution in [0, 0.1) is 19.7 Å². The molecule has 31 heavy (non-hydrogen) atoms. The molecule has 7 nitrogen and oxygen atoms in total. The molecular formula is C22H22FN5O2S. The topological polar surface area (TPSA) is 81.3 Å². The van der Waals surface area contributed by atoms with Crippen molar-refractivity contribution in [3.63, 3.8) is 0 Å². The van der Waals surface area contributed by atoms with Gasteiger partial charge in [0.2, 0.25) is 5.91 Å². The van der Waals surface area contributed by atoms with Crippen LogP contribution in [0.2, 0.25) is 0 Å². The van der Waals surface area contributed by atoms with Gasteiger partial charge in [-0.1, -0.05) is 12.1 Å². The number of carbonyl (C=O) groups is 1. The van der Waals surface area contributed by atoms with Crippen molar-refractivity contribution in [1.29, 1.82) is 0 Å². The minimum absolute atomic E-state index is 0.00961. The van der Waals surface area contributed by atoms with Gasteiger partial charge in [0, 0.05) is 22.8 Å². The molecule has 0 saturated carbocycles. The van der Waals surface area contributed by atoms with E-state index >= 15 is 0 Å². The maximum absolute atomic E-state index is 14.3. The Bertz CT molecular complexity index is 1350. The van der Waals surface area contributed by atoms with Gasteiger partial charge in [-0.05, 0) is 45.9 Å². The van der Waals surface area contributed by atoms with Gasteiger partial charge in [0.1, 0.15) is 17.2 Å². The molecule has 0 unspecified atom stereocenters. The first-order valence-corrected chi connectivity index (χ1v) is 10.7. The minimum Gasteiger partial charge on any atom is -0.354 e. The molecule has 3 heterocycles. The van der Waals surface area contributed by atoms with E-state index in [1.54, 1.807) is 43.5 Å². The van der Waals surface area contributed by atoms with Crippen molar-refractivity contribution in [3.8, 4) is 16.9 Å². The van der Waals surface area contributed by atoms with Crippen LogP contribution in [-0.4, -0.2) is 31.1 Å². The maximum atomic E-state index is 14.3. The first-order valence-electron chi connectivity index (χ1n) is 9.87. The monoisotopic (exact) mass is 439 g/mol. The molecule has 1 amide bonds.